The summed E-state index contributed by atoms with van der Waals surface area (Å²) in [6.45, 7) is 11.8. The van der Waals surface area contributed by atoms with Crippen LogP contribution in [0.3, 0.4) is 0 Å². The van der Waals surface area contributed by atoms with Crippen molar-refractivity contribution in [3.05, 3.63) is 54.4 Å². The first-order valence-corrected chi connectivity index (χ1v) is 12.5. The second-order valence-corrected chi connectivity index (χ2v) is 13.3. The number of hydrogen-bond acceptors (Lipinski definition) is 5. The largest absolute Gasteiger partial charge is 0.468 e. The lowest BCUT2D eigenvalue weighted by Gasteiger charge is -2.37. The number of methoxy groups -OCH3 is 1. The first kappa shape index (κ1) is 22.3. The fraction of sp³-hybridized carbons (Fsp3) is 0.455. The van der Waals surface area contributed by atoms with E-state index < -0.39 is 14.4 Å². The molecule has 0 bridgehead atoms. The average Bonchev–Trinajstić information content (AvgIpc) is 2.67. The summed E-state index contributed by atoms with van der Waals surface area (Å²) in [5.41, 5.74) is 3.36. The Morgan fingerprint density at radius 2 is 1.64 bits per heavy atom. The summed E-state index contributed by atoms with van der Waals surface area (Å²) in [6, 6.07) is 11.8. The van der Waals surface area contributed by atoms with Crippen LogP contribution >= 0.6 is 0 Å². The second-order valence-electron chi connectivity index (χ2n) is 8.46. The number of esters is 1. The van der Waals surface area contributed by atoms with Crippen LogP contribution in [0.15, 0.2) is 48.8 Å². The molecule has 0 radical (unpaired) electrons. The summed E-state index contributed by atoms with van der Waals surface area (Å²) < 4.78 is 11.2. The molecule has 2 rings (SSSR count). The molecule has 1 aromatic heterocycles. The molecule has 0 saturated heterocycles. The molecule has 0 saturated carbocycles. The molecular weight excluding hydrogens is 368 g/mol. The molecule has 0 aliphatic carbocycles. The number of pyridine rings is 1. The van der Waals surface area contributed by atoms with Crippen molar-refractivity contribution in [2.24, 2.45) is 0 Å². The first-order valence-electron chi connectivity index (χ1n) is 9.58. The molecule has 6 heteroatoms. The Balaban J connectivity index is 1.99. The van der Waals surface area contributed by atoms with E-state index >= 15 is 0 Å². The monoisotopic (exact) mass is 400 g/mol. The van der Waals surface area contributed by atoms with E-state index in [0.29, 0.717) is 13.2 Å². The van der Waals surface area contributed by atoms with Gasteiger partial charge in [0.25, 0.3) is 0 Å². The number of carbonyl (C=O) groups excluding carboxylic acids is 1. The molecule has 1 atom stereocenters. The zero-order valence-electron chi connectivity index (χ0n) is 17.8. The number of aromatic nitrogens is 1. The van der Waals surface area contributed by atoms with Gasteiger partial charge in [-0.2, -0.15) is 0 Å². The zero-order valence-corrected chi connectivity index (χ0v) is 18.8. The molecule has 152 valence electrons. The van der Waals surface area contributed by atoms with Crippen molar-refractivity contribution in [2.75, 3.05) is 13.7 Å². The van der Waals surface area contributed by atoms with E-state index in [1.807, 2.05) is 12.1 Å². The normalized spacial score (nSPS) is 13.2. The summed E-state index contributed by atoms with van der Waals surface area (Å²) in [4.78, 5) is 16.2. The van der Waals surface area contributed by atoms with Gasteiger partial charge in [0.1, 0.15) is 6.04 Å². The quantitative estimate of drug-likeness (QED) is 0.526. The first-order chi connectivity index (χ1) is 13.1. The van der Waals surface area contributed by atoms with Crippen LogP contribution in [0, 0.1) is 0 Å². The molecule has 1 N–H and O–H groups in total. The summed E-state index contributed by atoms with van der Waals surface area (Å²) in [6.07, 6.45) is 3.57. The molecule has 28 heavy (non-hydrogen) atoms. The third kappa shape index (κ3) is 5.99. The highest BCUT2D eigenvalue weighted by Gasteiger charge is 2.38. The fourth-order valence-corrected chi connectivity index (χ4v) is 3.48. The van der Waals surface area contributed by atoms with Gasteiger partial charge in [0.15, 0.2) is 8.32 Å². The molecule has 0 fully saturated rings. The van der Waals surface area contributed by atoms with Gasteiger partial charge in [-0.1, -0.05) is 45.0 Å². The summed E-state index contributed by atoms with van der Waals surface area (Å²) in [5.74, 6) is -0.299. The summed E-state index contributed by atoms with van der Waals surface area (Å²) in [5, 5.41) is 3.38. The molecule has 0 aliphatic heterocycles. The Morgan fingerprint density at radius 3 is 2.18 bits per heavy atom. The van der Waals surface area contributed by atoms with E-state index in [2.05, 4.69) is 68.4 Å². The number of hydrogen-bond donors (Lipinski definition) is 1. The molecule has 0 unspecified atom stereocenters. The van der Waals surface area contributed by atoms with Crippen LogP contribution in [0.2, 0.25) is 18.1 Å². The van der Waals surface area contributed by atoms with Crippen molar-refractivity contribution in [3.63, 3.8) is 0 Å². The molecule has 0 amide bonds. The third-order valence-electron chi connectivity index (χ3n) is 5.42. The Bertz CT molecular complexity index is 756. The number of rotatable bonds is 8. The molecule has 2 aromatic rings. The molecule has 1 aromatic carbocycles. The van der Waals surface area contributed by atoms with Gasteiger partial charge in [-0.3, -0.25) is 15.1 Å². The van der Waals surface area contributed by atoms with E-state index in [1.54, 1.807) is 12.4 Å². The van der Waals surface area contributed by atoms with Gasteiger partial charge in [0.2, 0.25) is 0 Å². The lowest BCUT2D eigenvalue weighted by atomic mass is 10.1. The van der Waals surface area contributed by atoms with E-state index in [9.17, 15) is 4.79 Å². The molecule has 5 nitrogen and oxygen atoms in total. The number of nitrogens with one attached hydrogen (secondary N) is 1. The molecular formula is C22H32N2O3Si. The van der Waals surface area contributed by atoms with Gasteiger partial charge in [-0.05, 0) is 47.0 Å². The van der Waals surface area contributed by atoms with Gasteiger partial charge in [-0.15, -0.1) is 0 Å². The van der Waals surface area contributed by atoms with Crippen molar-refractivity contribution < 1.29 is 14.0 Å². The maximum absolute atomic E-state index is 12.2. The minimum Gasteiger partial charge on any atom is -0.468 e. The average molecular weight is 401 g/mol. The Hall–Kier alpha value is -2.02. The van der Waals surface area contributed by atoms with Crippen LogP contribution in [0.5, 0.6) is 0 Å². The van der Waals surface area contributed by atoms with E-state index in [4.69, 9.17) is 9.16 Å². The lowest BCUT2D eigenvalue weighted by Crippen LogP contribution is -2.47. The van der Waals surface area contributed by atoms with E-state index in [0.717, 1.165) is 16.7 Å². The van der Waals surface area contributed by atoms with Crippen molar-refractivity contribution >= 4 is 14.3 Å². The van der Waals surface area contributed by atoms with Gasteiger partial charge < -0.3 is 9.16 Å². The highest BCUT2D eigenvalue weighted by atomic mass is 28.4. The predicted octanol–water partition coefficient (Wildman–Crippen LogP) is 4.40. The van der Waals surface area contributed by atoms with Gasteiger partial charge in [0, 0.05) is 18.9 Å². The predicted molar refractivity (Wildman–Crippen MR) is 115 cm³/mol. The van der Waals surface area contributed by atoms with Gasteiger partial charge in [0.05, 0.1) is 13.7 Å². The van der Waals surface area contributed by atoms with Crippen LogP contribution in [-0.4, -0.2) is 39.0 Å². The zero-order chi connectivity index (χ0) is 20.8. The lowest BCUT2D eigenvalue weighted by molar-refractivity contribution is -0.144. The smallest absolute Gasteiger partial charge is 0.325 e. The van der Waals surface area contributed by atoms with Crippen LogP contribution in [0.25, 0.3) is 11.1 Å². The van der Waals surface area contributed by atoms with Gasteiger partial charge in [-0.25, -0.2) is 0 Å². The maximum atomic E-state index is 12.2. The summed E-state index contributed by atoms with van der Waals surface area (Å²) in [7, 11) is -0.523. The van der Waals surface area contributed by atoms with E-state index in [1.165, 1.54) is 7.11 Å². The van der Waals surface area contributed by atoms with E-state index in [-0.39, 0.29) is 11.0 Å². The molecule has 0 aliphatic rings. The van der Waals surface area contributed by atoms with Crippen molar-refractivity contribution in [1.82, 2.24) is 10.3 Å². The SMILES string of the molecule is COC(=O)[C@H](CO[Si](C)(C)C(C)(C)C)NCc1ccc(-c2ccncc2)cc1. The number of ether oxygens (including phenoxy) is 1. The standard InChI is InChI=1S/C22H32N2O3Si/c1-22(2,3)28(5,6)27-16-20(21(25)26-4)24-15-17-7-9-18(10-8-17)19-11-13-23-14-12-19/h7-14,20,24H,15-16H2,1-6H3/t20-/m0/s1. The topological polar surface area (TPSA) is 60.5 Å². The summed E-state index contributed by atoms with van der Waals surface area (Å²) >= 11 is 0. The Kier molecular flexibility index (Phi) is 7.52. The molecule has 1 heterocycles. The van der Waals surface area contributed by atoms with Crippen LogP contribution < -0.4 is 5.32 Å². The number of carbonyl (C=O) groups is 1. The van der Waals surface area contributed by atoms with Crippen LogP contribution in [-0.2, 0) is 20.5 Å². The minimum atomic E-state index is -1.93. The van der Waals surface area contributed by atoms with Gasteiger partial charge >= 0.3 is 5.97 Å². The van der Waals surface area contributed by atoms with Crippen LogP contribution in [0.4, 0.5) is 0 Å². The Morgan fingerprint density at radius 1 is 1.07 bits per heavy atom. The Labute approximate surface area is 169 Å². The van der Waals surface area contributed by atoms with Crippen molar-refractivity contribution in [2.45, 2.75) is 51.5 Å². The highest BCUT2D eigenvalue weighted by molar-refractivity contribution is 6.74. The minimum absolute atomic E-state index is 0.0937. The fourth-order valence-electron chi connectivity index (χ4n) is 2.46. The van der Waals surface area contributed by atoms with Crippen molar-refractivity contribution in [3.8, 4) is 11.1 Å². The number of nitrogens with zero attached hydrogens (tertiary/aromatic N) is 1. The molecule has 0 spiro atoms. The van der Waals surface area contributed by atoms with Crippen LogP contribution in [0.1, 0.15) is 26.3 Å². The maximum Gasteiger partial charge on any atom is 0.325 e. The number of benzene rings is 1. The van der Waals surface area contributed by atoms with Crippen molar-refractivity contribution in [1.29, 1.82) is 0 Å². The second kappa shape index (κ2) is 9.45. The third-order valence-corrected chi connectivity index (χ3v) is 9.92. The highest BCUT2D eigenvalue weighted by Crippen LogP contribution is 2.36.